The van der Waals surface area contributed by atoms with Gasteiger partial charge in [0.1, 0.15) is 12.6 Å². The predicted molar refractivity (Wildman–Crippen MR) is 72.6 cm³/mol. The zero-order valence-electron chi connectivity index (χ0n) is 11.2. The molecule has 1 aliphatic carbocycles. The minimum Gasteiger partial charge on any atom is -0.461 e. The number of hydrogen-bond acceptors (Lipinski definition) is 4. The van der Waals surface area contributed by atoms with Gasteiger partial charge in [-0.1, -0.05) is 6.92 Å². The van der Waals surface area contributed by atoms with E-state index in [4.69, 9.17) is 10.5 Å². The van der Waals surface area contributed by atoms with Crippen molar-refractivity contribution in [3.05, 3.63) is 28.7 Å². The Morgan fingerprint density at radius 3 is 2.74 bits per heavy atom. The zero-order chi connectivity index (χ0) is 13.8. The Labute approximate surface area is 112 Å². The van der Waals surface area contributed by atoms with Crippen molar-refractivity contribution in [3.8, 4) is 0 Å². The van der Waals surface area contributed by atoms with Crippen molar-refractivity contribution >= 4 is 11.7 Å². The number of rotatable bonds is 3. The number of pyridine rings is 1. The molecule has 5 heteroatoms. The molecule has 0 amide bonds. The van der Waals surface area contributed by atoms with Crippen molar-refractivity contribution < 1.29 is 9.53 Å². The molecule has 0 saturated heterocycles. The molecule has 104 valence electrons. The quantitative estimate of drug-likeness (QED) is 0.841. The highest BCUT2D eigenvalue weighted by atomic mass is 16.5. The number of nitrogens with zero attached hydrogens (tertiary/aromatic N) is 1. The molecule has 0 radical (unpaired) electrons. The molecule has 5 nitrogen and oxygen atoms in total. The van der Waals surface area contributed by atoms with Crippen LogP contribution in [0.4, 0.5) is 5.69 Å². The third kappa shape index (κ3) is 3.84. The van der Waals surface area contributed by atoms with Gasteiger partial charge in [-0.15, -0.1) is 0 Å². The highest BCUT2D eigenvalue weighted by Crippen LogP contribution is 2.25. The fourth-order valence-electron chi connectivity index (χ4n) is 2.38. The van der Waals surface area contributed by atoms with Crippen molar-refractivity contribution in [2.45, 2.75) is 45.3 Å². The molecule has 0 spiro atoms. The van der Waals surface area contributed by atoms with Crippen LogP contribution in [-0.2, 0) is 16.1 Å². The van der Waals surface area contributed by atoms with Crippen LogP contribution >= 0.6 is 0 Å². The Kier molecular flexibility index (Phi) is 4.24. The third-order valence-electron chi connectivity index (χ3n) is 3.57. The van der Waals surface area contributed by atoms with Crippen LogP contribution in [0.3, 0.4) is 0 Å². The van der Waals surface area contributed by atoms with Crippen molar-refractivity contribution in [3.63, 3.8) is 0 Å². The molecule has 0 aliphatic heterocycles. The second-order valence-corrected chi connectivity index (χ2v) is 5.30. The van der Waals surface area contributed by atoms with Crippen LogP contribution in [0.25, 0.3) is 0 Å². The number of carbonyl (C=O) groups excluding carboxylic acids is 1. The number of aromatic nitrogens is 1. The van der Waals surface area contributed by atoms with Crippen LogP contribution in [0.1, 0.15) is 32.6 Å². The molecule has 1 aliphatic rings. The normalized spacial score (nSPS) is 23.0. The molecule has 1 saturated carbocycles. The lowest BCUT2D eigenvalue weighted by Crippen LogP contribution is -2.29. The first-order chi connectivity index (χ1) is 9.04. The number of esters is 1. The second-order valence-electron chi connectivity index (χ2n) is 5.30. The summed E-state index contributed by atoms with van der Waals surface area (Å²) in [6.45, 7) is 2.14. The monoisotopic (exact) mass is 264 g/mol. The number of nitrogen functional groups attached to an aromatic ring is 1. The molecule has 2 N–H and O–H groups in total. The van der Waals surface area contributed by atoms with Crippen molar-refractivity contribution in [2.75, 3.05) is 5.73 Å². The van der Waals surface area contributed by atoms with E-state index in [0.29, 0.717) is 11.6 Å². The fourth-order valence-corrected chi connectivity index (χ4v) is 2.38. The van der Waals surface area contributed by atoms with Gasteiger partial charge in [0.25, 0.3) is 5.56 Å². The van der Waals surface area contributed by atoms with Crippen LogP contribution in [0.5, 0.6) is 0 Å². The molecule has 1 heterocycles. The van der Waals surface area contributed by atoms with Gasteiger partial charge < -0.3 is 15.0 Å². The number of carbonyl (C=O) groups is 1. The molecular formula is C14H20N2O3. The van der Waals surface area contributed by atoms with Gasteiger partial charge in [-0.05, 0) is 37.7 Å². The summed E-state index contributed by atoms with van der Waals surface area (Å²) in [5.74, 6) is 0.346. The van der Waals surface area contributed by atoms with Gasteiger partial charge in [0.05, 0.1) is 0 Å². The minimum absolute atomic E-state index is 0.000427. The number of nitrogens with two attached hydrogens (primary N) is 1. The van der Waals surface area contributed by atoms with Crippen molar-refractivity contribution in [1.29, 1.82) is 0 Å². The van der Waals surface area contributed by atoms with E-state index in [1.165, 1.54) is 22.9 Å². The molecule has 19 heavy (non-hydrogen) atoms. The molecule has 0 bridgehead atoms. The van der Waals surface area contributed by atoms with Crippen LogP contribution in [0.15, 0.2) is 23.1 Å². The third-order valence-corrected chi connectivity index (χ3v) is 3.57. The Morgan fingerprint density at radius 1 is 1.37 bits per heavy atom. The Balaban J connectivity index is 1.90. The second kappa shape index (κ2) is 5.91. The molecule has 1 aromatic heterocycles. The van der Waals surface area contributed by atoms with E-state index < -0.39 is 0 Å². The van der Waals surface area contributed by atoms with E-state index in [9.17, 15) is 9.59 Å². The predicted octanol–water partition coefficient (Wildman–Crippen LogP) is 1.55. The van der Waals surface area contributed by atoms with Gasteiger partial charge in [0.2, 0.25) is 0 Å². The van der Waals surface area contributed by atoms with E-state index in [-0.39, 0.29) is 24.2 Å². The molecule has 1 fully saturated rings. The summed E-state index contributed by atoms with van der Waals surface area (Å²) < 4.78 is 6.68. The summed E-state index contributed by atoms with van der Waals surface area (Å²) in [7, 11) is 0. The average Bonchev–Trinajstić information content (AvgIpc) is 2.37. The molecule has 1 aromatic rings. The van der Waals surface area contributed by atoms with Crippen LogP contribution in [0.2, 0.25) is 0 Å². The number of hydrogen-bond donors (Lipinski definition) is 1. The van der Waals surface area contributed by atoms with Gasteiger partial charge in [-0.2, -0.15) is 0 Å². The lowest BCUT2D eigenvalue weighted by molar-refractivity contribution is -0.151. The highest BCUT2D eigenvalue weighted by Gasteiger charge is 2.21. The molecule has 0 aromatic carbocycles. The molecule has 2 rings (SSSR count). The smallest absolute Gasteiger partial charge is 0.326 e. The Hall–Kier alpha value is -1.78. The maximum absolute atomic E-state index is 11.8. The first-order valence-corrected chi connectivity index (χ1v) is 6.70. The van der Waals surface area contributed by atoms with Crippen LogP contribution in [-0.4, -0.2) is 16.6 Å². The van der Waals surface area contributed by atoms with Crippen molar-refractivity contribution in [2.24, 2.45) is 5.92 Å². The summed E-state index contributed by atoms with van der Waals surface area (Å²) in [6, 6.07) is 2.87. The molecule has 0 unspecified atom stereocenters. The van der Waals surface area contributed by atoms with E-state index in [1.54, 1.807) is 0 Å². The summed E-state index contributed by atoms with van der Waals surface area (Å²) in [5.41, 5.74) is 5.80. The van der Waals surface area contributed by atoms with E-state index in [1.807, 2.05) is 0 Å². The molecular weight excluding hydrogens is 244 g/mol. The Bertz CT molecular complexity index is 502. The first kappa shape index (κ1) is 13.6. The summed E-state index contributed by atoms with van der Waals surface area (Å²) in [4.78, 5) is 23.3. The molecule has 0 atom stereocenters. The maximum atomic E-state index is 11.8. The summed E-state index contributed by atoms with van der Waals surface area (Å²) in [6.07, 6.45) is 5.48. The maximum Gasteiger partial charge on any atom is 0.326 e. The largest absolute Gasteiger partial charge is 0.461 e. The van der Waals surface area contributed by atoms with E-state index in [0.717, 1.165) is 25.7 Å². The standard InChI is InChI=1S/C14H20N2O3/c1-10-2-5-12(6-3-10)19-14(18)9-16-8-11(15)4-7-13(16)17/h4,7-8,10,12H,2-3,5-6,9,15H2,1H3. The highest BCUT2D eigenvalue weighted by molar-refractivity contribution is 5.69. The van der Waals surface area contributed by atoms with Crippen LogP contribution < -0.4 is 11.3 Å². The van der Waals surface area contributed by atoms with Crippen LogP contribution in [0, 0.1) is 5.92 Å². The fraction of sp³-hybridized carbons (Fsp3) is 0.571. The lowest BCUT2D eigenvalue weighted by atomic mass is 9.89. The zero-order valence-corrected chi connectivity index (χ0v) is 11.2. The van der Waals surface area contributed by atoms with E-state index >= 15 is 0 Å². The first-order valence-electron chi connectivity index (χ1n) is 6.70. The van der Waals surface area contributed by atoms with Gasteiger partial charge in [0.15, 0.2) is 0 Å². The van der Waals surface area contributed by atoms with Gasteiger partial charge >= 0.3 is 5.97 Å². The van der Waals surface area contributed by atoms with Gasteiger partial charge in [-0.25, -0.2) is 0 Å². The van der Waals surface area contributed by atoms with Gasteiger partial charge in [0, 0.05) is 18.0 Å². The number of anilines is 1. The summed E-state index contributed by atoms with van der Waals surface area (Å²) in [5, 5.41) is 0. The van der Waals surface area contributed by atoms with Crippen molar-refractivity contribution in [1.82, 2.24) is 4.57 Å². The minimum atomic E-state index is -0.368. The van der Waals surface area contributed by atoms with E-state index in [2.05, 4.69) is 6.92 Å². The van der Waals surface area contributed by atoms with Gasteiger partial charge in [-0.3, -0.25) is 9.59 Å². The topological polar surface area (TPSA) is 74.3 Å². The Morgan fingerprint density at radius 2 is 2.05 bits per heavy atom. The average molecular weight is 264 g/mol. The SMILES string of the molecule is CC1CCC(OC(=O)Cn2cc(N)ccc2=O)CC1. The lowest BCUT2D eigenvalue weighted by Gasteiger charge is -2.26. The summed E-state index contributed by atoms with van der Waals surface area (Å²) >= 11 is 0. The number of ether oxygens (including phenoxy) is 1.